The van der Waals surface area contributed by atoms with Crippen molar-refractivity contribution in [3.63, 3.8) is 0 Å². The molecule has 0 bridgehead atoms. The van der Waals surface area contributed by atoms with Crippen molar-refractivity contribution in [2.75, 3.05) is 0 Å². The molecule has 1 heterocycles. The zero-order valence-electron chi connectivity index (χ0n) is 10.8. The van der Waals surface area contributed by atoms with E-state index < -0.39 is 0 Å². The van der Waals surface area contributed by atoms with Crippen molar-refractivity contribution in [1.29, 1.82) is 0 Å². The largest absolute Gasteiger partial charge is 0.508 e. The molecule has 3 aromatic rings. The minimum atomic E-state index is -0.216. The van der Waals surface area contributed by atoms with Crippen LogP contribution in [0, 0.1) is 6.92 Å². The Bertz CT molecular complexity index is 845. The summed E-state index contributed by atoms with van der Waals surface area (Å²) in [6.07, 6.45) is 1.33. The van der Waals surface area contributed by atoms with Gasteiger partial charge in [0.15, 0.2) is 11.3 Å². The minimum Gasteiger partial charge on any atom is -0.508 e. The fourth-order valence-electron chi connectivity index (χ4n) is 2.12. The van der Waals surface area contributed by atoms with Gasteiger partial charge in [0.05, 0.1) is 10.9 Å². The zero-order valence-corrected chi connectivity index (χ0v) is 10.8. The summed E-state index contributed by atoms with van der Waals surface area (Å²) in [5.41, 5.74) is 1.67. The molecule has 0 atom stereocenters. The highest BCUT2D eigenvalue weighted by Crippen LogP contribution is 2.28. The van der Waals surface area contributed by atoms with E-state index in [0.29, 0.717) is 22.1 Å². The molecule has 1 aromatic heterocycles. The molecule has 0 saturated carbocycles. The van der Waals surface area contributed by atoms with E-state index >= 15 is 0 Å². The van der Waals surface area contributed by atoms with E-state index in [0.717, 1.165) is 0 Å². The smallest absolute Gasteiger partial charge is 0.200 e. The molecule has 2 N–H and O–H groups in total. The van der Waals surface area contributed by atoms with Crippen LogP contribution in [0.5, 0.6) is 11.5 Å². The highest BCUT2D eigenvalue weighted by Gasteiger charge is 2.12. The monoisotopic (exact) mass is 268 g/mol. The first-order chi connectivity index (χ1) is 9.58. The summed E-state index contributed by atoms with van der Waals surface area (Å²) in [6.45, 7) is 1.74. The van der Waals surface area contributed by atoms with Crippen LogP contribution in [0.4, 0.5) is 0 Å². The summed E-state index contributed by atoms with van der Waals surface area (Å²) in [5, 5.41) is 19.5. The molecular weight excluding hydrogens is 256 g/mol. The molecule has 0 radical (unpaired) electrons. The molecule has 2 aromatic carbocycles. The van der Waals surface area contributed by atoms with Crippen molar-refractivity contribution in [3.8, 4) is 22.6 Å². The predicted molar refractivity (Wildman–Crippen MR) is 76.0 cm³/mol. The Balaban J connectivity index is 2.29. The van der Waals surface area contributed by atoms with Gasteiger partial charge in [0.1, 0.15) is 12.0 Å². The van der Waals surface area contributed by atoms with E-state index in [4.69, 9.17) is 4.42 Å². The van der Waals surface area contributed by atoms with Crippen molar-refractivity contribution in [1.82, 2.24) is 0 Å². The van der Waals surface area contributed by atoms with Crippen LogP contribution < -0.4 is 5.43 Å². The number of benzene rings is 2. The lowest BCUT2D eigenvalue weighted by molar-refractivity contribution is 0.459. The summed E-state index contributed by atoms with van der Waals surface area (Å²) < 4.78 is 5.41. The van der Waals surface area contributed by atoms with Gasteiger partial charge in [-0.1, -0.05) is 18.2 Å². The third-order valence-electron chi connectivity index (χ3n) is 3.30. The maximum absolute atomic E-state index is 12.4. The fraction of sp³-hybridized carbons (Fsp3) is 0.0625. The number of phenolic OH excluding ortho intramolecular Hbond substituents is 2. The molecule has 100 valence electrons. The van der Waals surface area contributed by atoms with Gasteiger partial charge in [-0.2, -0.15) is 0 Å². The van der Waals surface area contributed by atoms with Gasteiger partial charge in [0.2, 0.25) is 5.43 Å². The summed E-state index contributed by atoms with van der Waals surface area (Å²) in [7, 11) is 0. The number of rotatable bonds is 1. The topological polar surface area (TPSA) is 70.7 Å². The van der Waals surface area contributed by atoms with Crippen LogP contribution in [0.1, 0.15) is 5.56 Å². The van der Waals surface area contributed by atoms with Gasteiger partial charge in [-0.3, -0.25) is 4.79 Å². The average molecular weight is 268 g/mol. The Labute approximate surface area is 114 Å². The number of hydrogen-bond donors (Lipinski definition) is 2. The molecular formula is C16H12O4. The molecule has 0 amide bonds. The quantitative estimate of drug-likeness (QED) is 0.711. The second kappa shape index (κ2) is 4.42. The first-order valence-corrected chi connectivity index (χ1v) is 6.11. The van der Waals surface area contributed by atoms with E-state index in [1.807, 2.05) is 0 Å². The molecule has 3 rings (SSSR count). The van der Waals surface area contributed by atoms with Crippen LogP contribution in [0.15, 0.2) is 51.9 Å². The van der Waals surface area contributed by atoms with E-state index in [9.17, 15) is 15.0 Å². The summed E-state index contributed by atoms with van der Waals surface area (Å²) in [5.74, 6) is 0.115. The van der Waals surface area contributed by atoms with Crippen LogP contribution in [0.2, 0.25) is 0 Å². The Morgan fingerprint density at radius 1 is 1.00 bits per heavy atom. The van der Waals surface area contributed by atoms with E-state index in [-0.39, 0.29) is 22.5 Å². The van der Waals surface area contributed by atoms with Gasteiger partial charge in [-0.05, 0) is 36.2 Å². The average Bonchev–Trinajstić information content (AvgIpc) is 2.45. The van der Waals surface area contributed by atoms with Crippen LogP contribution in [0.25, 0.3) is 22.1 Å². The lowest BCUT2D eigenvalue weighted by Gasteiger charge is -2.05. The van der Waals surface area contributed by atoms with Gasteiger partial charge in [-0.25, -0.2) is 0 Å². The van der Waals surface area contributed by atoms with Crippen molar-refractivity contribution >= 4 is 11.0 Å². The zero-order chi connectivity index (χ0) is 14.3. The molecule has 0 aliphatic rings. The van der Waals surface area contributed by atoms with E-state index in [1.165, 1.54) is 18.4 Å². The number of phenols is 2. The molecule has 0 aliphatic carbocycles. The third kappa shape index (κ3) is 1.82. The Morgan fingerprint density at radius 2 is 1.70 bits per heavy atom. The van der Waals surface area contributed by atoms with Crippen LogP contribution >= 0.6 is 0 Å². The second-order valence-corrected chi connectivity index (χ2v) is 4.63. The van der Waals surface area contributed by atoms with Crippen LogP contribution in [-0.4, -0.2) is 10.2 Å². The Hall–Kier alpha value is -2.75. The normalized spacial score (nSPS) is 10.8. The number of aromatic hydroxyl groups is 2. The standard InChI is InChI=1S/C16H12O4/c1-9-2-7-12-15(19)13(8-20-16(12)14(9)18)10-3-5-11(17)6-4-10/h2-8,17-18H,1H3. The Kier molecular flexibility index (Phi) is 2.71. The SMILES string of the molecule is Cc1ccc2c(=O)c(-c3ccc(O)cc3)coc2c1O. The highest BCUT2D eigenvalue weighted by atomic mass is 16.3. The van der Waals surface area contributed by atoms with Gasteiger partial charge < -0.3 is 14.6 Å². The van der Waals surface area contributed by atoms with E-state index in [1.54, 1.807) is 31.2 Å². The molecule has 0 aliphatic heterocycles. The number of aryl methyl sites for hydroxylation is 1. The maximum atomic E-state index is 12.4. The molecule has 20 heavy (non-hydrogen) atoms. The van der Waals surface area contributed by atoms with Crippen molar-refractivity contribution in [3.05, 3.63) is 58.4 Å². The van der Waals surface area contributed by atoms with Gasteiger partial charge in [-0.15, -0.1) is 0 Å². The molecule has 4 nitrogen and oxygen atoms in total. The van der Waals surface area contributed by atoms with Gasteiger partial charge >= 0.3 is 0 Å². The van der Waals surface area contributed by atoms with Crippen LogP contribution in [-0.2, 0) is 0 Å². The Morgan fingerprint density at radius 3 is 2.40 bits per heavy atom. The fourth-order valence-corrected chi connectivity index (χ4v) is 2.12. The van der Waals surface area contributed by atoms with Crippen molar-refractivity contribution in [2.24, 2.45) is 0 Å². The molecule has 0 spiro atoms. The highest BCUT2D eigenvalue weighted by molar-refractivity contribution is 5.86. The first kappa shape index (κ1) is 12.3. The summed E-state index contributed by atoms with van der Waals surface area (Å²) in [6, 6.07) is 9.61. The third-order valence-corrected chi connectivity index (χ3v) is 3.30. The molecule has 4 heteroatoms. The minimum absolute atomic E-state index is 0.0168. The van der Waals surface area contributed by atoms with Crippen LogP contribution in [0.3, 0.4) is 0 Å². The lowest BCUT2D eigenvalue weighted by atomic mass is 10.0. The maximum Gasteiger partial charge on any atom is 0.200 e. The first-order valence-electron chi connectivity index (χ1n) is 6.11. The summed E-state index contributed by atoms with van der Waals surface area (Å²) >= 11 is 0. The second-order valence-electron chi connectivity index (χ2n) is 4.63. The number of hydrogen-bond acceptors (Lipinski definition) is 4. The predicted octanol–water partition coefficient (Wildman–Crippen LogP) is 3.18. The summed E-state index contributed by atoms with van der Waals surface area (Å²) in [4.78, 5) is 12.4. The van der Waals surface area contributed by atoms with E-state index in [2.05, 4.69) is 0 Å². The number of fused-ring (bicyclic) bond motifs is 1. The van der Waals surface area contributed by atoms with Crippen molar-refractivity contribution < 1.29 is 14.6 Å². The van der Waals surface area contributed by atoms with Crippen molar-refractivity contribution in [2.45, 2.75) is 6.92 Å². The molecule has 0 unspecified atom stereocenters. The van der Waals surface area contributed by atoms with Gasteiger partial charge in [0, 0.05) is 0 Å². The lowest BCUT2D eigenvalue weighted by Crippen LogP contribution is -2.04. The van der Waals surface area contributed by atoms with Gasteiger partial charge in [0.25, 0.3) is 0 Å². The molecule has 0 fully saturated rings. The molecule has 0 saturated heterocycles.